The molecule has 3 fully saturated rings. The fourth-order valence-electron chi connectivity index (χ4n) is 5.78. The molecular formula is C27H39N3O7. The molecule has 0 atom stereocenters. The molecule has 0 bridgehead atoms. The molecule has 10 heteroatoms. The number of carboxylic acids is 2. The number of piperazine rings is 1. The van der Waals surface area contributed by atoms with E-state index in [1.165, 1.54) is 44.2 Å². The number of aliphatic carboxylic acids is 2. The third-order valence-corrected chi connectivity index (χ3v) is 7.89. The number of carboxylic acid groups (broad SMARTS) is 2. The Bertz CT molecular complexity index is 922. The van der Waals surface area contributed by atoms with Crippen molar-refractivity contribution in [3.8, 4) is 11.5 Å². The van der Waals surface area contributed by atoms with E-state index in [2.05, 4.69) is 26.8 Å². The van der Waals surface area contributed by atoms with E-state index >= 15 is 0 Å². The quantitative estimate of drug-likeness (QED) is 0.568. The summed E-state index contributed by atoms with van der Waals surface area (Å²) < 4.78 is 10.9. The minimum Gasteiger partial charge on any atom is -0.473 e. The van der Waals surface area contributed by atoms with Gasteiger partial charge in [-0.05, 0) is 62.4 Å². The van der Waals surface area contributed by atoms with Crippen LogP contribution < -0.4 is 9.47 Å². The zero-order valence-electron chi connectivity index (χ0n) is 21.5. The Hall–Kier alpha value is -2.85. The molecule has 1 amide bonds. The van der Waals surface area contributed by atoms with Crippen LogP contribution in [0.25, 0.3) is 0 Å². The molecule has 0 spiro atoms. The van der Waals surface area contributed by atoms with Crippen molar-refractivity contribution in [2.45, 2.75) is 51.5 Å². The zero-order valence-corrected chi connectivity index (χ0v) is 21.5. The smallest absolute Gasteiger partial charge is 0.414 e. The maximum Gasteiger partial charge on any atom is 0.414 e. The van der Waals surface area contributed by atoms with Gasteiger partial charge in [0.15, 0.2) is 11.5 Å². The Kier molecular flexibility index (Phi) is 9.62. The van der Waals surface area contributed by atoms with Gasteiger partial charge in [0.25, 0.3) is 0 Å². The van der Waals surface area contributed by atoms with Crippen LogP contribution in [0.15, 0.2) is 18.2 Å². The van der Waals surface area contributed by atoms with Crippen molar-refractivity contribution in [2.75, 3.05) is 52.6 Å². The molecule has 0 aromatic heterocycles. The molecule has 204 valence electrons. The van der Waals surface area contributed by atoms with Gasteiger partial charge in [0, 0.05) is 45.2 Å². The fraction of sp³-hybridized carbons (Fsp3) is 0.667. The van der Waals surface area contributed by atoms with E-state index in [0.29, 0.717) is 12.7 Å². The van der Waals surface area contributed by atoms with Crippen LogP contribution in [0.5, 0.6) is 11.5 Å². The summed E-state index contributed by atoms with van der Waals surface area (Å²) in [6.45, 7) is 8.30. The summed E-state index contributed by atoms with van der Waals surface area (Å²) >= 11 is 0. The lowest BCUT2D eigenvalue weighted by Gasteiger charge is -2.39. The summed E-state index contributed by atoms with van der Waals surface area (Å²) in [7, 11) is 0. The molecular weight excluding hydrogens is 478 g/mol. The van der Waals surface area contributed by atoms with Crippen LogP contribution in [0.2, 0.25) is 0 Å². The Balaban J connectivity index is 0.000000480. The number of hydrogen-bond acceptors (Lipinski definition) is 7. The summed E-state index contributed by atoms with van der Waals surface area (Å²) in [5, 5.41) is 14.8. The van der Waals surface area contributed by atoms with Crippen molar-refractivity contribution in [1.29, 1.82) is 0 Å². The van der Waals surface area contributed by atoms with E-state index in [0.717, 1.165) is 76.1 Å². The summed E-state index contributed by atoms with van der Waals surface area (Å²) in [4.78, 5) is 38.5. The number of benzene rings is 1. The highest BCUT2D eigenvalue weighted by atomic mass is 16.7. The normalized spacial score (nSPS) is 21.2. The van der Waals surface area contributed by atoms with Crippen LogP contribution >= 0.6 is 0 Å². The number of carbonyl (C=O) groups excluding carboxylic acids is 1. The first-order chi connectivity index (χ1) is 17.9. The van der Waals surface area contributed by atoms with Crippen molar-refractivity contribution in [1.82, 2.24) is 14.7 Å². The van der Waals surface area contributed by atoms with E-state index < -0.39 is 11.9 Å². The highest BCUT2D eigenvalue weighted by molar-refractivity contribution is 6.27. The molecule has 1 aromatic carbocycles. The number of piperidine rings is 1. The lowest BCUT2D eigenvalue weighted by Crippen LogP contribution is -2.51. The largest absolute Gasteiger partial charge is 0.473 e. The predicted octanol–water partition coefficient (Wildman–Crippen LogP) is 2.51. The molecule has 4 aliphatic rings. The molecule has 37 heavy (non-hydrogen) atoms. The molecule has 1 saturated carbocycles. The maximum atomic E-state index is 13.1. The average Bonchev–Trinajstić information content (AvgIpc) is 3.38. The highest BCUT2D eigenvalue weighted by Crippen LogP contribution is 2.33. The molecule has 2 saturated heterocycles. The Morgan fingerprint density at radius 3 is 2.08 bits per heavy atom. The monoisotopic (exact) mass is 517 g/mol. The van der Waals surface area contributed by atoms with Gasteiger partial charge in [-0.2, -0.15) is 0 Å². The van der Waals surface area contributed by atoms with Crippen molar-refractivity contribution in [3.05, 3.63) is 23.8 Å². The van der Waals surface area contributed by atoms with Gasteiger partial charge >= 0.3 is 11.9 Å². The SMILES string of the molecule is O=C(C1CCN(CC2CCCCC2)CC1)N1CCN(Cc2ccc3c(c2)OCO3)CC1.O=C(O)C(=O)O. The molecule has 3 heterocycles. The molecule has 0 unspecified atom stereocenters. The number of fused-ring (bicyclic) bond motifs is 1. The molecule has 1 aliphatic carbocycles. The van der Waals surface area contributed by atoms with Gasteiger partial charge in [-0.15, -0.1) is 0 Å². The topological polar surface area (TPSA) is 120 Å². The van der Waals surface area contributed by atoms with Crippen LogP contribution in [0.3, 0.4) is 0 Å². The lowest BCUT2D eigenvalue weighted by molar-refractivity contribution is -0.159. The molecule has 10 nitrogen and oxygen atoms in total. The fourth-order valence-corrected chi connectivity index (χ4v) is 5.78. The van der Waals surface area contributed by atoms with E-state index in [-0.39, 0.29) is 5.92 Å². The Morgan fingerprint density at radius 2 is 1.43 bits per heavy atom. The average molecular weight is 518 g/mol. The molecule has 3 aliphatic heterocycles. The van der Waals surface area contributed by atoms with Crippen molar-refractivity contribution < 1.29 is 34.1 Å². The first-order valence-corrected chi connectivity index (χ1v) is 13.5. The van der Waals surface area contributed by atoms with E-state index in [1.54, 1.807) is 0 Å². The van der Waals surface area contributed by atoms with Gasteiger partial charge in [-0.25, -0.2) is 9.59 Å². The number of amides is 1. The van der Waals surface area contributed by atoms with Gasteiger partial charge in [-0.1, -0.05) is 25.3 Å². The highest BCUT2D eigenvalue weighted by Gasteiger charge is 2.31. The number of rotatable bonds is 5. The van der Waals surface area contributed by atoms with E-state index in [1.807, 2.05) is 6.07 Å². The van der Waals surface area contributed by atoms with Crippen LogP contribution in [-0.2, 0) is 20.9 Å². The van der Waals surface area contributed by atoms with E-state index in [4.69, 9.17) is 29.3 Å². The van der Waals surface area contributed by atoms with Crippen molar-refractivity contribution in [3.63, 3.8) is 0 Å². The summed E-state index contributed by atoms with van der Waals surface area (Å²) in [6, 6.07) is 6.20. The number of nitrogens with zero attached hydrogens (tertiary/aromatic N) is 3. The minimum absolute atomic E-state index is 0.239. The second-order valence-corrected chi connectivity index (χ2v) is 10.5. The molecule has 5 rings (SSSR count). The van der Waals surface area contributed by atoms with Crippen LogP contribution in [0, 0.1) is 11.8 Å². The third kappa shape index (κ3) is 7.82. The van der Waals surface area contributed by atoms with Gasteiger partial charge in [0.05, 0.1) is 0 Å². The van der Waals surface area contributed by atoms with Gasteiger partial charge in [-0.3, -0.25) is 9.69 Å². The number of hydrogen-bond donors (Lipinski definition) is 2. The second-order valence-electron chi connectivity index (χ2n) is 10.5. The van der Waals surface area contributed by atoms with Gasteiger partial charge in [0.1, 0.15) is 0 Å². The number of ether oxygens (including phenoxy) is 2. The standard InChI is InChI=1S/C25H37N3O3.C2H2O4/c29-25(22-8-10-26(11-9-22)17-20-4-2-1-3-5-20)28-14-12-27(13-15-28)18-21-6-7-23-24(16-21)31-19-30-23;3-1(4)2(5)6/h6-7,16,20,22H,1-5,8-15,17-19H2;(H,3,4)(H,5,6). The number of likely N-dealkylation sites (tertiary alicyclic amines) is 1. The van der Waals surface area contributed by atoms with Crippen molar-refractivity contribution in [2.24, 2.45) is 11.8 Å². The maximum absolute atomic E-state index is 13.1. The third-order valence-electron chi connectivity index (χ3n) is 7.89. The van der Waals surface area contributed by atoms with Gasteiger partial charge in [0.2, 0.25) is 12.7 Å². The lowest BCUT2D eigenvalue weighted by atomic mass is 9.87. The first-order valence-electron chi connectivity index (χ1n) is 13.5. The Morgan fingerprint density at radius 1 is 0.784 bits per heavy atom. The van der Waals surface area contributed by atoms with Crippen molar-refractivity contribution >= 4 is 17.8 Å². The first kappa shape index (κ1) is 27.2. The second kappa shape index (κ2) is 13.1. The van der Waals surface area contributed by atoms with Crippen LogP contribution in [0.4, 0.5) is 0 Å². The minimum atomic E-state index is -1.82. The van der Waals surface area contributed by atoms with Gasteiger partial charge < -0.3 is 29.5 Å². The zero-order chi connectivity index (χ0) is 26.2. The number of carbonyl (C=O) groups is 3. The molecule has 0 radical (unpaired) electrons. The Labute approximate surface area is 218 Å². The summed E-state index contributed by atoms with van der Waals surface area (Å²) in [5.74, 6) is -0.419. The van der Waals surface area contributed by atoms with E-state index in [9.17, 15) is 4.79 Å². The molecule has 2 N–H and O–H groups in total. The summed E-state index contributed by atoms with van der Waals surface area (Å²) in [5.41, 5.74) is 1.24. The predicted molar refractivity (Wildman–Crippen MR) is 135 cm³/mol. The molecule has 1 aromatic rings. The van der Waals surface area contributed by atoms with Crippen LogP contribution in [-0.4, -0.2) is 95.4 Å². The van der Waals surface area contributed by atoms with Crippen LogP contribution in [0.1, 0.15) is 50.5 Å². The summed E-state index contributed by atoms with van der Waals surface area (Å²) in [6.07, 6.45) is 9.17.